The van der Waals surface area contributed by atoms with E-state index in [1.165, 1.54) is 26.0 Å². The fraction of sp³-hybridized carbons (Fsp3) is 0.333. The van der Waals surface area contributed by atoms with Crippen molar-refractivity contribution in [2.75, 3.05) is 20.0 Å². The highest BCUT2D eigenvalue weighted by Gasteiger charge is 2.26. The Labute approximate surface area is 124 Å². The van der Waals surface area contributed by atoms with Crippen LogP contribution in [0.1, 0.15) is 6.42 Å². The Hall–Kier alpha value is -1.90. The lowest BCUT2D eigenvalue weighted by molar-refractivity contribution is -0.136. The third-order valence-electron chi connectivity index (χ3n) is 2.26. The third-order valence-corrected chi connectivity index (χ3v) is 4.79. The van der Waals surface area contributed by atoms with Gasteiger partial charge in [0.25, 0.3) is 0 Å². The minimum absolute atomic E-state index is 0.0996. The van der Waals surface area contributed by atoms with E-state index in [1.54, 1.807) is 12.1 Å². The molecule has 1 rings (SSSR count). The van der Waals surface area contributed by atoms with Gasteiger partial charge in [-0.25, -0.2) is 9.59 Å². The van der Waals surface area contributed by atoms with Crippen LogP contribution in [0.3, 0.4) is 0 Å². The predicted molar refractivity (Wildman–Crippen MR) is 74.0 cm³/mol. The van der Waals surface area contributed by atoms with Crippen molar-refractivity contribution in [3.8, 4) is 12.1 Å². The molecule has 0 aliphatic carbocycles. The van der Waals surface area contributed by atoms with Crippen molar-refractivity contribution in [3.05, 3.63) is 20.3 Å². The normalized spacial score (nSPS) is 19.2. The second kappa shape index (κ2) is 7.63. The van der Waals surface area contributed by atoms with E-state index >= 15 is 0 Å². The number of nitriles is 2. The van der Waals surface area contributed by atoms with Crippen LogP contribution in [0, 0.1) is 22.7 Å². The lowest BCUT2D eigenvalue weighted by Crippen LogP contribution is -2.10. The average Bonchev–Trinajstić information content (AvgIpc) is 2.48. The highest BCUT2D eigenvalue weighted by Crippen LogP contribution is 2.45. The van der Waals surface area contributed by atoms with Crippen molar-refractivity contribution in [1.82, 2.24) is 0 Å². The van der Waals surface area contributed by atoms with Gasteiger partial charge in [-0.3, -0.25) is 0 Å². The van der Waals surface area contributed by atoms with Crippen LogP contribution < -0.4 is 0 Å². The third kappa shape index (κ3) is 3.56. The van der Waals surface area contributed by atoms with E-state index in [1.807, 2.05) is 0 Å². The summed E-state index contributed by atoms with van der Waals surface area (Å²) in [4.78, 5) is 23.4. The molecule has 0 radical (unpaired) electrons. The molecule has 1 saturated heterocycles. The quantitative estimate of drug-likeness (QED) is 0.432. The molecule has 0 spiro atoms. The molecule has 0 unspecified atom stereocenters. The largest absolute Gasteiger partial charge is 0.465 e. The molecule has 1 aliphatic heterocycles. The van der Waals surface area contributed by atoms with Gasteiger partial charge in [0.2, 0.25) is 0 Å². The first-order valence-electron chi connectivity index (χ1n) is 5.33. The van der Waals surface area contributed by atoms with E-state index in [0.29, 0.717) is 21.3 Å². The Balaban J connectivity index is 3.21. The maximum Gasteiger partial charge on any atom is 0.350 e. The first-order chi connectivity index (χ1) is 9.58. The van der Waals surface area contributed by atoms with Crippen LogP contribution >= 0.6 is 23.5 Å². The van der Waals surface area contributed by atoms with E-state index in [-0.39, 0.29) is 11.1 Å². The van der Waals surface area contributed by atoms with Crippen molar-refractivity contribution in [1.29, 1.82) is 10.5 Å². The Bertz CT molecular complexity index is 531. The standard InChI is InChI=1S/C12H10N2O4S2/c1-17-10(15)7(5-13)9-3-4-19-12(20-9)8(6-14)11(16)18-2/h3-4H2,1-2H3/b9-7+,12-8+. The van der Waals surface area contributed by atoms with Gasteiger partial charge in [-0.2, -0.15) is 10.5 Å². The smallest absolute Gasteiger partial charge is 0.350 e. The van der Waals surface area contributed by atoms with E-state index < -0.39 is 11.9 Å². The monoisotopic (exact) mass is 310 g/mol. The summed E-state index contributed by atoms with van der Waals surface area (Å²) >= 11 is 2.37. The maximum atomic E-state index is 11.5. The summed E-state index contributed by atoms with van der Waals surface area (Å²) in [6.45, 7) is 0. The summed E-state index contributed by atoms with van der Waals surface area (Å²) in [6, 6.07) is 3.58. The second-order valence-corrected chi connectivity index (χ2v) is 5.84. The number of allylic oxidation sites excluding steroid dienone is 1. The van der Waals surface area contributed by atoms with Crippen LogP contribution in [0.4, 0.5) is 0 Å². The van der Waals surface area contributed by atoms with Gasteiger partial charge >= 0.3 is 11.9 Å². The minimum atomic E-state index is -0.736. The highest BCUT2D eigenvalue weighted by atomic mass is 32.2. The first-order valence-corrected chi connectivity index (χ1v) is 7.14. The predicted octanol–water partition coefficient (Wildman–Crippen LogP) is 1.72. The van der Waals surface area contributed by atoms with Gasteiger partial charge in [-0.1, -0.05) is 11.8 Å². The molecule has 8 heteroatoms. The zero-order valence-corrected chi connectivity index (χ0v) is 12.4. The van der Waals surface area contributed by atoms with Crippen molar-refractivity contribution < 1.29 is 19.1 Å². The molecule has 1 heterocycles. The Morgan fingerprint density at radius 1 is 1.10 bits per heavy atom. The minimum Gasteiger partial charge on any atom is -0.465 e. The van der Waals surface area contributed by atoms with E-state index in [0.717, 1.165) is 11.8 Å². The SMILES string of the molecule is COC(=O)/C(C#N)=C1\CCS/C(=C(/C#N)C(=O)OC)S1. The van der Waals surface area contributed by atoms with Gasteiger partial charge in [0.1, 0.15) is 17.7 Å². The molecule has 0 atom stereocenters. The molecule has 0 aromatic heterocycles. The number of hydrogen-bond acceptors (Lipinski definition) is 8. The van der Waals surface area contributed by atoms with Crippen molar-refractivity contribution >= 4 is 35.5 Å². The van der Waals surface area contributed by atoms with Crippen LogP contribution in [0.25, 0.3) is 0 Å². The summed E-state index contributed by atoms with van der Waals surface area (Å²) in [6.07, 6.45) is 0.497. The molecule has 0 aromatic rings. The first kappa shape index (κ1) is 16.2. The average molecular weight is 310 g/mol. The highest BCUT2D eigenvalue weighted by molar-refractivity contribution is 8.24. The van der Waals surface area contributed by atoms with E-state index in [9.17, 15) is 9.59 Å². The molecule has 104 valence electrons. The Morgan fingerprint density at radius 2 is 1.65 bits per heavy atom. The number of thioether (sulfide) groups is 2. The van der Waals surface area contributed by atoms with Gasteiger partial charge in [-0.05, 0) is 6.42 Å². The summed E-state index contributed by atoms with van der Waals surface area (Å²) in [5.41, 5.74) is -0.223. The molecule has 0 saturated carbocycles. The van der Waals surface area contributed by atoms with Gasteiger partial charge in [0.15, 0.2) is 5.57 Å². The molecule has 0 amide bonds. The molecule has 0 aromatic carbocycles. The number of carbonyl (C=O) groups excluding carboxylic acids is 2. The van der Waals surface area contributed by atoms with Crippen molar-refractivity contribution in [2.45, 2.75) is 6.42 Å². The van der Waals surface area contributed by atoms with Crippen LogP contribution in [0.5, 0.6) is 0 Å². The van der Waals surface area contributed by atoms with Gasteiger partial charge in [-0.15, -0.1) is 11.8 Å². The summed E-state index contributed by atoms with van der Waals surface area (Å²) in [5.74, 6) is -0.902. The molecule has 1 fully saturated rings. The lowest BCUT2D eigenvalue weighted by atomic mass is 10.2. The molecule has 1 aliphatic rings. The van der Waals surface area contributed by atoms with Gasteiger partial charge in [0.05, 0.1) is 18.5 Å². The summed E-state index contributed by atoms with van der Waals surface area (Å²) in [7, 11) is 2.37. The number of carbonyl (C=O) groups is 2. The molecule has 20 heavy (non-hydrogen) atoms. The van der Waals surface area contributed by atoms with Crippen LogP contribution in [0.2, 0.25) is 0 Å². The lowest BCUT2D eigenvalue weighted by Gasteiger charge is -2.17. The summed E-state index contributed by atoms with van der Waals surface area (Å²) in [5, 5.41) is 18.0. The number of ether oxygens (including phenoxy) is 2. The van der Waals surface area contributed by atoms with E-state index in [4.69, 9.17) is 10.5 Å². The Kier molecular flexibility index (Phi) is 6.16. The fourth-order valence-corrected chi connectivity index (χ4v) is 3.90. The molecular formula is C12H10N2O4S2. The van der Waals surface area contributed by atoms with E-state index in [2.05, 4.69) is 9.47 Å². The molecular weight excluding hydrogens is 300 g/mol. The maximum absolute atomic E-state index is 11.5. The fourth-order valence-electron chi connectivity index (χ4n) is 1.33. The van der Waals surface area contributed by atoms with Gasteiger partial charge < -0.3 is 9.47 Å². The van der Waals surface area contributed by atoms with Crippen LogP contribution in [0.15, 0.2) is 20.3 Å². The van der Waals surface area contributed by atoms with Crippen LogP contribution in [-0.4, -0.2) is 31.9 Å². The zero-order valence-electron chi connectivity index (χ0n) is 10.8. The molecule has 0 bridgehead atoms. The van der Waals surface area contributed by atoms with Crippen LogP contribution in [-0.2, 0) is 19.1 Å². The topological polar surface area (TPSA) is 100 Å². The number of methoxy groups -OCH3 is 2. The number of hydrogen-bond donors (Lipinski definition) is 0. The van der Waals surface area contributed by atoms with Gasteiger partial charge in [0, 0.05) is 10.7 Å². The van der Waals surface area contributed by atoms with Crippen molar-refractivity contribution in [2.24, 2.45) is 0 Å². The van der Waals surface area contributed by atoms with Crippen molar-refractivity contribution in [3.63, 3.8) is 0 Å². The second-order valence-electron chi connectivity index (χ2n) is 3.37. The molecule has 0 N–H and O–H groups in total. The summed E-state index contributed by atoms with van der Waals surface area (Å²) < 4.78 is 9.49. The molecule has 6 nitrogen and oxygen atoms in total. The number of nitrogens with zero attached hydrogens (tertiary/aromatic N) is 2. The number of rotatable bonds is 2. The zero-order chi connectivity index (χ0) is 15.1. The Morgan fingerprint density at radius 3 is 2.15 bits per heavy atom. The number of esters is 2.